The molecule has 0 saturated carbocycles. The number of hydrogen-bond acceptors (Lipinski definition) is 7. The molecule has 1 aliphatic heterocycles. The second-order valence-electron chi connectivity index (χ2n) is 11.6. The smallest absolute Gasteiger partial charge is 0.410 e. The number of hydrogen-bond donors (Lipinski definition) is 3. The first kappa shape index (κ1) is 33.8. The van der Waals surface area contributed by atoms with Crippen LogP contribution < -0.4 is 20.1 Å². The number of nitrogens with zero attached hydrogens (tertiary/aromatic N) is 1. The summed E-state index contributed by atoms with van der Waals surface area (Å²) in [6.45, 7) is 6.80. The van der Waals surface area contributed by atoms with Crippen LogP contribution >= 0.6 is 15.9 Å². The lowest BCUT2D eigenvalue weighted by atomic mass is 9.97. The SMILES string of the molecule is CC(C)(C)OC(=O)N1CCC(CNC(=O)CNC(=O)c2ccc(S(=O)(=O)Nc3ccccc3Oc3ccc(Br)cc3)cc2)CC1. The van der Waals surface area contributed by atoms with Gasteiger partial charge in [-0.15, -0.1) is 0 Å². The van der Waals surface area contributed by atoms with Gasteiger partial charge in [0.1, 0.15) is 11.4 Å². The van der Waals surface area contributed by atoms with Gasteiger partial charge in [0, 0.05) is 29.7 Å². The third kappa shape index (κ3) is 10.2. The molecule has 0 atom stereocenters. The lowest BCUT2D eigenvalue weighted by Gasteiger charge is -2.33. The van der Waals surface area contributed by atoms with Gasteiger partial charge in [-0.2, -0.15) is 0 Å². The maximum Gasteiger partial charge on any atom is 0.410 e. The van der Waals surface area contributed by atoms with Crippen molar-refractivity contribution in [2.24, 2.45) is 5.92 Å². The number of likely N-dealkylation sites (tertiary alicyclic amines) is 1. The molecule has 4 rings (SSSR count). The zero-order chi connectivity index (χ0) is 32.6. The van der Waals surface area contributed by atoms with E-state index in [1.165, 1.54) is 24.3 Å². The molecule has 11 nitrogen and oxygen atoms in total. The normalized spacial score (nSPS) is 13.9. The summed E-state index contributed by atoms with van der Waals surface area (Å²) >= 11 is 3.37. The molecule has 45 heavy (non-hydrogen) atoms. The molecular formula is C32H37BrN4O7S. The molecule has 3 aromatic rings. The fraction of sp³-hybridized carbons (Fsp3) is 0.344. The van der Waals surface area contributed by atoms with Crippen molar-refractivity contribution < 1.29 is 32.3 Å². The van der Waals surface area contributed by atoms with Gasteiger partial charge in [-0.3, -0.25) is 14.3 Å². The van der Waals surface area contributed by atoms with E-state index in [-0.39, 0.29) is 40.6 Å². The molecule has 0 bridgehead atoms. The minimum atomic E-state index is -4.00. The Morgan fingerprint density at radius 1 is 0.911 bits per heavy atom. The number of para-hydroxylation sites is 2. The third-order valence-corrected chi connectivity index (χ3v) is 8.77. The number of ether oxygens (including phenoxy) is 2. The summed E-state index contributed by atoms with van der Waals surface area (Å²) in [5.41, 5.74) is -0.0928. The van der Waals surface area contributed by atoms with Crippen LogP contribution in [0.1, 0.15) is 44.0 Å². The van der Waals surface area contributed by atoms with Crippen LogP contribution in [0.3, 0.4) is 0 Å². The molecule has 240 valence electrons. The molecule has 1 aliphatic rings. The second kappa shape index (κ2) is 14.8. The number of carbonyl (C=O) groups is 3. The van der Waals surface area contributed by atoms with Gasteiger partial charge in [0.25, 0.3) is 15.9 Å². The average molecular weight is 702 g/mol. The van der Waals surface area contributed by atoms with Crippen LogP contribution in [0.4, 0.5) is 10.5 Å². The van der Waals surface area contributed by atoms with E-state index >= 15 is 0 Å². The first-order valence-electron chi connectivity index (χ1n) is 14.5. The topological polar surface area (TPSA) is 143 Å². The van der Waals surface area contributed by atoms with E-state index < -0.39 is 21.5 Å². The number of carbonyl (C=O) groups excluding carboxylic acids is 3. The minimum Gasteiger partial charge on any atom is -0.455 e. The molecule has 0 aromatic heterocycles. The van der Waals surface area contributed by atoms with Crippen LogP contribution in [0.15, 0.2) is 82.2 Å². The van der Waals surface area contributed by atoms with E-state index in [2.05, 4.69) is 31.3 Å². The largest absolute Gasteiger partial charge is 0.455 e. The van der Waals surface area contributed by atoms with Gasteiger partial charge in [0.05, 0.1) is 17.1 Å². The number of piperidine rings is 1. The van der Waals surface area contributed by atoms with Crippen LogP contribution in [0.5, 0.6) is 11.5 Å². The van der Waals surface area contributed by atoms with Gasteiger partial charge < -0.3 is 25.0 Å². The van der Waals surface area contributed by atoms with Crippen LogP contribution in [-0.4, -0.2) is 63.0 Å². The lowest BCUT2D eigenvalue weighted by Crippen LogP contribution is -2.44. The summed E-state index contributed by atoms with van der Waals surface area (Å²) in [6, 6.07) is 19.2. The molecule has 0 unspecified atom stereocenters. The Morgan fingerprint density at radius 2 is 1.56 bits per heavy atom. The number of sulfonamides is 1. The van der Waals surface area contributed by atoms with E-state index in [1.54, 1.807) is 41.3 Å². The van der Waals surface area contributed by atoms with Gasteiger partial charge >= 0.3 is 6.09 Å². The van der Waals surface area contributed by atoms with E-state index in [4.69, 9.17) is 9.47 Å². The van der Waals surface area contributed by atoms with E-state index in [9.17, 15) is 22.8 Å². The molecule has 0 aliphatic carbocycles. The van der Waals surface area contributed by atoms with Crippen LogP contribution in [-0.2, 0) is 19.6 Å². The van der Waals surface area contributed by atoms with Crippen molar-refractivity contribution in [3.05, 3.63) is 82.8 Å². The van der Waals surface area contributed by atoms with Crippen molar-refractivity contribution in [1.29, 1.82) is 0 Å². The molecule has 13 heteroatoms. The first-order valence-corrected chi connectivity index (χ1v) is 16.7. The second-order valence-corrected chi connectivity index (χ2v) is 14.2. The summed E-state index contributed by atoms with van der Waals surface area (Å²) < 4.78 is 40.9. The molecular weight excluding hydrogens is 664 g/mol. The molecule has 3 N–H and O–H groups in total. The van der Waals surface area contributed by atoms with Gasteiger partial charge in [0.2, 0.25) is 5.91 Å². The summed E-state index contributed by atoms with van der Waals surface area (Å²) in [6.07, 6.45) is 1.14. The Bertz CT molecular complexity index is 1600. The molecule has 3 aromatic carbocycles. The zero-order valence-corrected chi connectivity index (χ0v) is 27.7. The Labute approximate surface area is 271 Å². The fourth-order valence-corrected chi connectivity index (χ4v) is 5.82. The van der Waals surface area contributed by atoms with Crippen molar-refractivity contribution in [2.45, 2.75) is 44.1 Å². The van der Waals surface area contributed by atoms with E-state index in [0.29, 0.717) is 31.1 Å². The van der Waals surface area contributed by atoms with Crippen molar-refractivity contribution in [3.8, 4) is 11.5 Å². The molecule has 0 spiro atoms. The van der Waals surface area contributed by atoms with Gasteiger partial charge in [-0.05, 0) is 100 Å². The number of anilines is 1. The van der Waals surface area contributed by atoms with E-state index in [0.717, 1.165) is 17.3 Å². The predicted molar refractivity (Wildman–Crippen MR) is 174 cm³/mol. The molecule has 1 fully saturated rings. The quantitative estimate of drug-likeness (QED) is 0.252. The number of rotatable bonds is 10. The third-order valence-electron chi connectivity index (χ3n) is 6.86. The highest BCUT2D eigenvalue weighted by Gasteiger charge is 2.27. The summed E-state index contributed by atoms with van der Waals surface area (Å²) in [7, 11) is -4.00. The van der Waals surface area contributed by atoms with Gasteiger partial charge in [-0.25, -0.2) is 13.2 Å². The van der Waals surface area contributed by atoms with Gasteiger partial charge in [-0.1, -0.05) is 28.1 Å². The minimum absolute atomic E-state index is 0.0482. The molecule has 3 amide bonds. The number of amides is 3. The monoisotopic (exact) mass is 700 g/mol. The van der Waals surface area contributed by atoms with Crippen molar-refractivity contribution >= 4 is 49.5 Å². The van der Waals surface area contributed by atoms with Crippen molar-refractivity contribution in [2.75, 3.05) is 30.9 Å². The van der Waals surface area contributed by atoms with Crippen molar-refractivity contribution in [3.63, 3.8) is 0 Å². The van der Waals surface area contributed by atoms with E-state index in [1.807, 2.05) is 32.9 Å². The van der Waals surface area contributed by atoms with Crippen LogP contribution in [0.2, 0.25) is 0 Å². The number of nitrogens with one attached hydrogen (secondary N) is 3. The highest BCUT2D eigenvalue weighted by Crippen LogP contribution is 2.31. The standard InChI is InChI=1S/C32H37BrN4O7S/c1-32(2,3)44-31(40)37-18-16-22(17-19-37)20-34-29(38)21-35-30(39)23-8-14-26(15-9-23)45(41,42)36-27-6-4-5-7-28(27)43-25-12-10-24(33)11-13-25/h4-15,22,36H,16-21H2,1-3H3,(H,34,38)(H,35,39). The molecule has 1 heterocycles. The zero-order valence-electron chi connectivity index (χ0n) is 25.3. The Hall–Kier alpha value is -4.10. The summed E-state index contributed by atoms with van der Waals surface area (Å²) in [5, 5.41) is 5.38. The van der Waals surface area contributed by atoms with Crippen LogP contribution in [0.25, 0.3) is 0 Å². The van der Waals surface area contributed by atoms with Gasteiger partial charge in [0.15, 0.2) is 5.75 Å². The molecule has 1 saturated heterocycles. The maximum atomic E-state index is 13.1. The highest BCUT2D eigenvalue weighted by atomic mass is 79.9. The van der Waals surface area contributed by atoms with Crippen LogP contribution in [0, 0.1) is 5.92 Å². The first-order chi connectivity index (χ1) is 21.3. The summed E-state index contributed by atoms with van der Waals surface area (Å²) in [4.78, 5) is 38.8. The number of benzene rings is 3. The summed E-state index contributed by atoms with van der Waals surface area (Å²) in [5.74, 6) is 0.218. The fourth-order valence-electron chi connectivity index (χ4n) is 4.49. The predicted octanol–water partition coefficient (Wildman–Crippen LogP) is 5.54. The lowest BCUT2D eigenvalue weighted by molar-refractivity contribution is -0.120. The van der Waals surface area contributed by atoms with Crippen molar-refractivity contribution in [1.82, 2.24) is 15.5 Å². The Balaban J connectivity index is 1.24. The Kier molecular flexibility index (Phi) is 11.1. The number of halogens is 1. The molecule has 0 radical (unpaired) electrons. The maximum absolute atomic E-state index is 13.1. The highest BCUT2D eigenvalue weighted by molar-refractivity contribution is 9.10. The average Bonchev–Trinajstić information content (AvgIpc) is 3.00. The Morgan fingerprint density at radius 3 is 2.20 bits per heavy atom.